The molecule has 1 rings (SSSR count). The lowest BCUT2D eigenvalue weighted by Crippen LogP contribution is -2.38. The number of carbonyl (C=O) groups excluding carboxylic acids is 2. The monoisotopic (exact) mass is 393 g/mol. The van der Waals surface area contributed by atoms with Crippen molar-refractivity contribution in [2.45, 2.75) is 71.6 Å². The average molecular weight is 393 g/mol. The Balaban J connectivity index is 2.97. The van der Waals surface area contributed by atoms with E-state index in [1.54, 1.807) is 65.8 Å². The molecule has 0 amide bonds. The van der Waals surface area contributed by atoms with Crippen LogP contribution in [0.1, 0.15) is 52.7 Å². The molecule has 1 atom stereocenters. The number of ether oxygens (including phenoxy) is 2. The van der Waals surface area contributed by atoms with Gasteiger partial charge in [0, 0.05) is 0 Å². The molecule has 0 aromatic heterocycles. The molecule has 0 bridgehead atoms. The molecule has 0 saturated carbocycles. The first kappa shape index (κ1) is 23.6. The standard InChI is InChI=1S/C21H31NO6/c1-20(2,3)27-18(25)15(19(26)28-21(4,5)6)11-13-7-9-14(10-8-13)12-16(22)17(23)24/h7-10,15-16H,11-12,22H2,1-6H3,(H,23,24)/t16-/m0/s1. The third-order valence-corrected chi connectivity index (χ3v) is 3.62. The molecule has 0 aliphatic carbocycles. The zero-order valence-corrected chi connectivity index (χ0v) is 17.4. The van der Waals surface area contributed by atoms with Gasteiger partial charge in [0.2, 0.25) is 0 Å². The fraction of sp³-hybridized carbons (Fsp3) is 0.571. The molecular weight excluding hydrogens is 362 g/mol. The first-order chi connectivity index (χ1) is 12.7. The predicted octanol–water partition coefficient (Wildman–Crippen LogP) is 2.48. The summed E-state index contributed by atoms with van der Waals surface area (Å²) in [5, 5.41) is 8.90. The number of esters is 2. The van der Waals surface area contributed by atoms with Crippen molar-refractivity contribution in [3.63, 3.8) is 0 Å². The maximum Gasteiger partial charge on any atom is 0.321 e. The van der Waals surface area contributed by atoms with Crippen molar-refractivity contribution in [1.82, 2.24) is 0 Å². The number of hydrogen-bond acceptors (Lipinski definition) is 6. The average Bonchev–Trinajstić information content (AvgIpc) is 2.50. The number of carboxylic acids is 1. The zero-order chi connectivity index (χ0) is 21.7. The lowest BCUT2D eigenvalue weighted by atomic mass is 9.96. The number of carboxylic acid groups (broad SMARTS) is 1. The number of rotatable bonds is 7. The fourth-order valence-electron chi connectivity index (χ4n) is 2.40. The SMILES string of the molecule is CC(C)(C)OC(=O)C(Cc1ccc(C[C@H](N)C(=O)O)cc1)C(=O)OC(C)(C)C. The topological polar surface area (TPSA) is 116 Å². The normalized spacial score (nSPS) is 13.1. The van der Waals surface area contributed by atoms with Crippen LogP contribution in [0.5, 0.6) is 0 Å². The van der Waals surface area contributed by atoms with Crippen molar-refractivity contribution in [2.75, 3.05) is 0 Å². The Morgan fingerprint density at radius 1 is 0.857 bits per heavy atom. The number of nitrogens with two attached hydrogens (primary N) is 1. The maximum absolute atomic E-state index is 12.6. The van der Waals surface area contributed by atoms with E-state index in [-0.39, 0.29) is 12.8 Å². The summed E-state index contributed by atoms with van der Waals surface area (Å²) in [5.41, 5.74) is 5.57. The van der Waals surface area contributed by atoms with E-state index in [4.69, 9.17) is 20.3 Å². The van der Waals surface area contributed by atoms with E-state index in [1.165, 1.54) is 0 Å². The van der Waals surface area contributed by atoms with Gasteiger partial charge in [0.15, 0.2) is 5.92 Å². The first-order valence-corrected chi connectivity index (χ1v) is 9.20. The van der Waals surface area contributed by atoms with E-state index in [9.17, 15) is 14.4 Å². The van der Waals surface area contributed by atoms with Gasteiger partial charge in [-0.25, -0.2) is 0 Å². The largest absolute Gasteiger partial charge is 0.480 e. The van der Waals surface area contributed by atoms with Crippen molar-refractivity contribution in [1.29, 1.82) is 0 Å². The Morgan fingerprint density at radius 3 is 1.54 bits per heavy atom. The predicted molar refractivity (Wildman–Crippen MR) is 105 cm³/mol. The number of carbonyl (C=O) groups is 3. The van der Waals surface area contributed by atoms with Gasteiger partial charge in [0.1, 0.15) is 17.2 Å². The summed E-state index contributed by atoms with van der Waals surface area (Å²) in [5.74, 6) is -3.44. The minimum Gasteiger partial charge on any atom is -0.480 e. The fourth-order valence-corrected chi connectivity index (χ4v) is 2.40. The van der Waals surface area contributed by atoms with Gasteiger partial charge in [0.05, 0.1) is 0 Å². The van der Waals surface area contributed by atoms with Crippen molar-refractivity contribution in [3.8, 4) is 0 Å². The summed E-state index contributed by atoms with van der Waals surface area (Å²) >= 11 is 0. The second-order valence-corrected chi connectivity index (χ2v) is 8.79. The molecule has 1 aromatic rings. The van der Waals surface area contributed by atoms with E-state index in [1.807, 2.05) is 0 Å². The molecule has 0 heterocycles. The van der Waals surface area contributed by atoms with Gasteiger partial charge >= 0.3 is 17.9 Å². The van der Waals surface area contributed by atoms with Crippen LogP contribution in [0, 0.1) is 5.92 Å². The van der Waals surface area contributed by atoms with Crippen LogP contribution in [0.4, 0.5) is 0 Å². The van der Waals surface area contributed by atoms with Crippen LogP contribution in [-0.4, -0.2) is 40.3 Å². The highest BCUT2D eigenvalue weighted by Gasteiger charge is 2.35. The molecule has 7 heteroatoms. The van der Waals surface area contributed by atoms with Gasteiger partial charge < -0.3 is 20.3 Å². The van der Waals surface area contributed by atoms with Crippen LogP contribution >= 0.6 is 0 Å². The van der Waals surface area contributed by atoms with Crippen LogP contribution in [0.3, 0.4) is 0 Å². The first-order valence-electron chi connectivity index (χ1n) is 9.20. The van der Waals surface area contributed by atoms with Gasteiger partial charge in [-0.2, -0.15) is 0 Å². The van der Waals surface area contributed by atoms with Gasteiger partial charge in [-0.15, -0.1) is 0 Å². The van der Waals surface area contributed by atoms with Gasteiger partial charge in [-0.05, 0) is 65.5 Å². The highest BCUT2D eigenvalue weighted by molar-refractivity contribution is 5.95. The van der Waals surface area contributed by atoms with E-state index < -0.39 is 41.1 Å². The molecule has 0 radical (unpaired) electrons. The lowest BCUT2D eigenvalue weighted by molar-refractivity contribution is -0.174. The van der Waals surface area contributed by atoms with Crippen LogP contribution in [0.2, 0.25) is 0 Å². The van der Waals surface area contributed by atoms with E-state index in [0.717, 1.165) is 11.1 Å². The summed E-state index contributed by atoms with van der Waals surface area (Å²) in [6.07, 6.45) is 0.312. The molecule has 0 aliphatic rings. The Kier molecular flexibility index (Phi) is 7.75. The molecule has 0 fully saturated rings. The summed E-state index contributed by atoms with van der Waals surface area (Å²) in [7, 11) is 0. The maximum atomic E-state index is 12.6. The molecule has 7 nitrogen and oxygen atoms in total. The van der Waals surface area contributed by atoms with Crippen LogP contribution in [0.15, 0.2) is 24.3 Å². The van der Waals surface area contributed by atoms with E-state index in [0.29, 0.717) is 0 Å². The smallest absolute Gasteiger partial charge is 0.321 e. The molecule has 1 aromatic carbocycles. The number of benzene rings is 1. The highest BCUT2D eigenvalue weighted by atomic mass is 16.6. The molecule has 156 valence electrons. The Morgan fingerprint density at radius 2 is 1.21 bits per heavy atom. The highest BCUT2D eigenvalue weighted by Crippen LogP contribution is 2.20. The molecule has 0 unspecified atom stereocenters. The Hall–Kier alpha value is -2.41. The Bertz CT molecular complexity index is 669. The third kappa shape index (κ3) is 8.52. The van der Waals surface area contributed by atoms with E-state index >= 15 is 0 Å². The second kappa shape index (κ2) is 9.19. The van der Waals surface area contributed by atoms with Crippen LogP contribution in [0.25, 0.3) is 0 Å². The van der Waals surface area contributed by atoms with Gasteiger partial charge in [0.25, 0.3) is 0 Å². The third-order valence-electron chi connectivity index (χ3n) is 3.62. The summed E-state index contributed by atoms with van der Waals surface area (Å²) < 4.78 is 10.8. The molecule has 0 saturated heterocycles. The van der Waals surface area contributed by atoms with Crippen LogP contribution < -0.4 is 5.73 Å². The summed E-state index contributed by atoms with van der Waals surface area (Å²) in [6, 6.07) is 5.97. The number of aliphatic carboxylic acids is 1. The molecule has 3 N–H and O–H groups in total. The molecular formula is C21H31NO6. The minimum atomic E-state index is -1.09. The van der Waals surface area contributed by atoms with Crippen molar-refractivity contribution < 1.29 is 29.0 Å². The van der Waals surface area contributed by atoms with Crippen LogP contribution in [-0.2, 0) is 36.7 Å². The zero-order valence-electron chi connectivity index (χ0n) is 17.4. The quantitative estimate of drug-likeness (QED) is 0.540. The van der Waals surface area contributed by atoms with Crippen molar-refractivity contribution in [2.24, 2.45) is 11.7 Å². The Labute approximate surface area is 166 Å². The molecule has 28 heavy (non-hydrogen) atoms. The second-order valence-electron chi connectivity index (χ2n) is 8.79. The lowest BCUT2D eigenvalue weighted by Gasteiger charge is -2.26. The number of hydrogen-bond donors (Lipinski definition) is 2. The summed E-state index contributed by atoms with van der Waals surface area (Å²) in [6.45, 7) is 10.4. The van der Waals surface area contributed by atoms with E-state index in [2.05, 4.69) is 0 Å². The van der Waals surface area contributed by atoms with Gasteiger partial charge in [-0.3, -0.25) is 14.4 Å². The molecule has 0 aliphatic heterocycles. The van der Waals surface area contributed by atoms with Crippen molar-refractivity contribution in [3.05, 3.63) is 35.4 Å². The van der Waals surface area contributed by atoms with Gasteiger partial charge in [-0.1, -0.05) is 24.3 Å². The minimum absolute atomic E-state index is 0.120. The van der Waals surface area contributed by atoms with Crippen molar-refractivity contribution >= 4 is 17.9 Å². The summed E-state index contributed by atoms with van der Waals surface area (Å²) in [4.78, 5) is 36.0. The molecule has 0 spiro atoms.